The quantitative estimate of drug-likeness (QED) is 0.423. The average molecular weight is 454 g/mol. The lowest BCUT2D eigenvalue weighted by atomic mass is 10.1. The molecule has 0 atom stereocenters. The summed E-state index contributed by atoms with van der Waals surface area (Å²) in [5.74, 6) is 1.82. The number of hydrogen-bond donors (Lipinski definition) is 0. The van der Waals surface area contributed by atoms with Crippen molar-refractivity contribution in [2.45, 2.75) is 40.5 Å². The van der Waals surface area contributed by atoms with Crippen LogP contribution in [0.3, 0.4) is 0 Å². The van der Waals surface area contributed by atoms with E-state index in [1.807, 2.05) is 0 Å². The molecule has 1 aromatic carbocycles. The molecular weight excluding hydrogens is 426 g/mol. The zero-order valence-corrected chi connectivity index (χ0v) is 19.8. The van der Waals surface area contributed by atoms with E-state index in [4.69, 9.17) is 9.97 Å². The van der Waals surface area contributed by atoms with Crippen molar-refractivity contribution in [2.75, 3.05) is 31.1 Å². The van der Waals surface area contributed by atoms with Crippen molar-refractivity contribution < 1.29 is 9.72 Å². The molecule has 9 heteroatoms. The summed E-state index contributed by atoms with van der Waals surface area (Å²) >= 11 is 1.70. The van der Waals surface area contributed by atoms with Crippen LogP contribution in [-0.2, 0) is 0 Å². The van der Waals surface area contributed by atoms with Gasteiger partial charge in [0.25, 0.3) is 11.6 Å². The predicted octanol–water partition coefficient (Wildman–Crippen LogP) is 4.61. The summed E-state index contributed by atoms with van der Waals surface area (Å²) in [5.41, 5.74) is 2.08. The summed E-state index contributed by atoms with van der Waals surface area (Å²) in [4.78, 5) is 39.8. The highest BCUT2D eigenvalue weighted by molar-refractivity contribution is 7.18. The maximum atomic E-state index is 13.0. The summed E-state index contributed by atoms with van der Waals surface area (Å²) in [6, 6.07) is 4.68. The first-order chi connectivity index (χ1) is 15.2. The molecular formula is C23H27N5O3S. The van der Waals surface area contributed by atoms with Crippen molar-refractivity contribution in [3.8, 4) is 0 Å². The third-order valence-electron chi connectivity index (χ3n) is 6.06. The molecule has 1 saturated heterocycles. The lowest BCUT2D eigenvalue weighted by molar-refractivity contribution is -0.385. The summed E-state index contributed by atoms with van der Waals surface area (Å²) in [6.45, 7) is 12.4. The zero-order chi connectivity index (χ0) is 23.2. The van der Waals surface area contributed by atoms with E-state index in [0.29, 0.717) is 37.3 Å². The fraction of sp³-hybridized carbons (Fsp3) is 0.435. The second-order valence-electron chi connectivity index (χ2n) is 8.56. The Balaban J connectivity index is 1.58. The topological polar surface area (TPSA) is 92.5 Å². The van der Waals surface area contributed by atoms with Gasteiger partial charge >= 0.3 is 0 Å². The third-order valence-corrected chi connectivity index (χ3v) is 7.16. The number of amides is 1. The molecule has 0 unspecified atom stereocenters. The Morgan fingerprint density at radius 3 is 2.44 bits per heavy atom. The standard InChI is InChI=1S/C23H27N5O3S/c1-13(2)20-24-21(19-15(4)16(5)32-22(19)25-20)26-8-10-27(11-9-26)23(29)17-7-6-14(3)18(12-17)28(30)31/h6-7,12-13H,8-11H2,1-5H3. The van der Waals surface area contributed by atoms with Gasteiger partial charge in [-0.3, -0.25) is 14.9 Å². The molecule has 4 rings (SSSR count). The van der Waals surface area contributed by atoms with Crippen LogP contribution >= 0.6 is 11.3 Å². The minimum Gasteiger partial charge on any atom is -0.352 e. The number of aryl methyl sites for hydroxylation is 3. The van der Waals surface area contributed by atoms with E-state index < -0.39 is 4.92 Å². The number of aromatic nitrogens is 2. The van der Waals surface area contributed by atoms with Crippen LogP contribution in [0.1, 0.15) is 52.0 Å². The summed E-state index contributed by atoms with van der Waals surface area (Å²) in [5, 5.41) is 12.3. The molecule has 8 nitrogen and oxygen atoms in total. The summed E-state index contributed by atoms with van der Waals surface area (Å²) in [6.07, 6.45) is 0. The molecule has 168 valence electrons. The molecule has 1 amide bonds. The number of rotatable bonds is 4. The maximum absolute atomic E-state index is 13.0. The molecule has 2 aromatic heterocycles. The van der Waals surface area contributed by atoms with Crippen molar-refractivity contribution in [1.82, 2.24) is 14.9 Å². The number of nitro groups is 1. The number of hydrogen-bond acceptors (Lipinski definition) is 7. The van der Waals surface area contributed by atoms with Gasteiger partial charge in [-0.2, -0.15) is 0 Å². The van der Waals surface area contributed by atoms with Crippen LogP contribution in [0.15, 0.2) is 18.2 Å². The number of thiophene rings is 1. The Hall–Kier alpha value is -3.07. The second kappa shape index (κ2) is 8.46. The number of nitro benzene ring substituents is 1. The highest BCUT2D eigenvalue weighted by atomic mass is 32.1. The van der Waals surface area contributed by atoms with Crippen LogP contribution in [0.25, 0.3) is 10.2 Å². The van der Waals surface area contributed by atoms with Crippen molar-refractivity contribution in [1.29, 1.82) is 0 Å². The fourth-order valence-electron chi connectivity index (χ4n) is 3.97. The first-order valence-corrected chi connectivity index (χ1v) is 11.6. The lowest BCUT2D eigenvalue weighted by Gasteiger charge is -2.36. The maximum Gasteiger partial charge on any atom is 0.273 e. The van der Waals surface area contributed by atoms with E-state index in [-0.39, 0.29) is 17.5 Å². The number of nitrogens with zero attached hydrogens (tertiary/aromatic N) is 5. The smallest absolute Gasteiger partial charge is 0.273 e. The van der Waals surface area contributed by atoms with Gasteiger partial charge in [0.1, 0.15) is 16.5 Å². The molecule has 0 saturated carbocycles. The Morgan fingerprint density at radius 2 is 1.81 bits per heavy atom. The van der Waals surface area contributed by atoms with Gasteiger partial charge in [0.15, 0.2) is 0 Å². The molecule has 32 heavy (non-hydrogen) atoms. The van der Waals surface area contributed by atoms with E-state index in [1.165, 1.54) is 16.5 Å². The monoisotopic (exact) mass is 453 g/mol. The molecule has 1 aliphatic heterocycles. The van der Waals surface area contributed by atoms with Crippen LogP contribution < -0.4 is 4.90 Å². The fourth-order valence-corrected chi connectivity index (χ4v) is 5.01. The Morgan fingerprint density at radius 1 is 1.12 bits per heavy atom. The van der Waals surface area contributed by atoms with Gasteiger partial charge in [-0.15, -0.1) is 11.3 Å². The number of benzene rings is 1. The highest BCUT2D eigenvalue weighted by Gasteiger charge is 2.27. The van der Waals surface area contributed by atoms with Gasteiger partial charge in [-0.25, -0.2) is 9.97 Å². The summed E-state index contributed by atoms with van der Waals surface area (Å²) in [7, 11) is 0. The largest absolute Gasteiger partial charge is 0.352 e. The van der Waals surface area contributed by atoms with E-state index in [0.717, 1.165) is 21.9 Å². The molecule has 3 heterocycles. The first-order valence-electron chi connectivity index (χ1n) is 10.7. The van der Waals surface area contributed by atoms with Gasteiger partial charge in [0, 0.05) is 54.2 Å². The number of fused-ring (bicyclic) bond motifs is 1. The van der Waals surface area contributed by atoms with Gasteiger partial charge in [0.05, 0.1) is 10.3 Å². The lowest BCUT2D eigenvalue weighted by Crippen LogP contribution is -2.49. The van der Waals surface area contributed by atoms with Gasteiger partial charge in [-0.1, -0.05) is 19.9 Å². The van der Waals surface area contributed by atoms with Crippen LogP contribution in [0.2, 0.25) is 0 Å². The Kier molecular flexibility index (Phi) is 5.85. The second-order valence-corrected chi connectivity index (χ2v) is 9.76. The van der Waals surface area contributed by atoms with Crippen molar-refractivity contribution >= 4 is 39.0 Å². The molecule has 0 bridgehead atoms. The van der Waals surface area contributed by atoms with Crippen LogP contribution in [0, 0.1) is 30.9 Å². The molecule has 0 N–H and O–H groups in total. The van der Waals surface area contributed by atoms with E-state index in [2.05, 4.69) is 32.6 Å². The number of anilines is 1. The number of carbonyl (C=O) groups excluding carboxylic acids is 1. The number of piperazine rings is 1. The van der Waals surface area contributed by atoms with Crippen molar-refractivity contribution in [2.24, 2.45) is 0 Å². The molecule has 0 spiro atoms. The van der Waals surface area contributed by atoms with E-state index in [1.54, 1.807) is 35.3 Å². The van der Waals surface area contributed by atoms with Gasteiger partial charge in [0.2, 0.25) is 0 Å². The first kappa shape index (κ1) is 22.1. The molecule has 1 aliphatic rings. The molecule has 1 fully saturated rings. The van der Waals surface area contributed by atoms with Crippen molar-refractivity contribution in [3.63, 3.8) is 0 Å². The van der Waals surface area contributed by atoms with Crippen LogP contribution in [0.5, 0.6) is 0 Å². The zero-order valence-electron chi connectivity index (χ0n) is 19.0. The third kappa shape index (κ3) is 3.92. The number of carbonyl (C=O) groups is 1. The highest BCUT2D eigenvalue weighted by Crippen LogP contribution is 2.36. The van der Waals surface area contributed by atoms with E-state index >= 15 is 0 Å². The normalized spacial score (nSPS) is 14.4. The SMILES string of the molecule is Cc1ccc(C(=O)N2CCN(c3nc(C(C)C)nc4sc(C)c(C)c34)CC2)cc1[N+](=O)[O-]. The van der Waals surface area contributed by atoms with E-state index in [9.17, 15) is 14.9 Å². The molecule has 3 aromatic rings. The minimum atomic E-state index is -0.443. The average Bonchev–Trinajstić information content (AvgIpc) is 3.06. The van der Waals surface area contributed by atoms with Crippen LogP contribution in [0.4, 0.5) is 11.5 Å². The summed E-state index contributed by atoms with van der Waals surface area (Å²) < 4.78 is 0. The molecule has 0 radical (unpaired) electrons. The Bertz CT molecular complexity index is 1210. The van der Waals surface area contributed by atoms with Crippen LogP contribution in [-0.4, -0.2) is 51.9 Å². The predicted molar refractivity (Wildman–Crippen MR) is 127 cm³/mol. The van der Waals surface area contributed by atoms with Crippen molar-refractivity contribution in [3.05, 3.63) is 55.7 Å². The minimum absolute atomic E-state index is 0.0256. The molecule has 0 aliphatic carbocycles. The Labute approximate surface area is 191 Å². The van der Waals surface area contributed by atoms with Gasteiger partial charge in [-0.05, 0) is 32.4 Å². The van der Waals surface area contributed by atoms with Gasteiger partial charge < -0.3 is 9.80 Å².